The smallest absolute Gasteiger partial charge is 0.146 e. The van der Waals surface area contributed by atoms with Gasteiger partial charge < -0.3 is 4.57 Å². The highest BCUT2D eigenvalue weighted by molar-refractivity contribution is 6.15. The summed E-state index contributed by atoms with van der Waals surface area (Å²) in [4.78, 5) is 5.14. The van der Waals surface area contributed by atoms with Gasteiger partial charge in [-0.3, -0.25) is 4.57 Å². The van der Waals surface area contributed by atoms with Crippen LogP contribution in [0.3, 0.4) is 0 Å². The molecule has 3 heterocycles. The SMILES string of the molecule is Fc1cccc(-n2c3ccccc3c3nc4c(cc32)c2ccccc2n4-c2cccc(F)c2)c1. The van der Waals surface area contributed by atoms with Gasteiger partial charge in [-0.2, -0.15) is 0 Å². The van der Waals surface area contributed by atoms with Crippen molar-refractivity contribution < 1.29 is 8.78 Å². The fourth-order valence-corrected chi connectivity index (χ4v) is 5.01. The Labute approximate surface area is 193 Å². The minimum atomic E-state index is -0.299. The zero-order chi connectivity index (χ0) is 22.8. The minimum Gasteiger partial charge on any atom is -0.307 e. The molecule has 0 N–H and O–H groups in total. The maximum Gasteiger partial charge on any atom is 0.146 e. The van der Waals surface area contributed by atoms with Gasteiger partial charge in [0.2, 0.25) is 0 Å². The van der Waals surface area contributed by atoms with E-state index in [9.17, 15) is 8.78 Å². The summed E-state index contributed by atoms with van der Waals surface area (Å²) in [6.45, 7) is 0. The van der Waals surface area contributed by atoms with Crippen LogP contribution in [-0.4, -0.2) is 14.1 Å². The summed E-state index contributed by atoms with van der Waals surface area (Å²) >= 11 is 0. The van der Waals surface area contributed by atoms with Gasteiger partial charge in [-0.15, -0.1) is 0 Å². The van der Waals surface area contributed by atoms with Crippen LogP contribution < -0.4 is 0 Å². The maximum absolute atomic E-state index is 14.2. The van der Waals surface area contributed by atoms with Crippen LogP contribution in [-0.2, 0) is 0 Å². The van der Waals surface area contributed by atoms with E-state index in [1.807, 2.05) is 59.2 Å². The number of aromatic nitrogens is 3. The number of nitrogens with zero attached hydrogens (tertiary/aromatic N) is 3. The van der Waals surface area contributed by atoms with Crippen molar-refractivity contribution in [2.45, 2.75) is 0 Å². The zero-order valence-electron chi connectivity index (χ0n) is 17.9. The summed E-state index contributed by atoms with van der Waals surface area (Å²) in [5.74, 6) is -0.590. The van der Waals surface area contributed by atoms with Crippen LogP contribution in [0, 0.1) is 11.6 Å². The quantitative estimate of drug-likeness (QED) is 0.269. The van der Waals surface area contributed by atoms with E-state index in [-0.39, 0.29) is 11.6 Å². The normalized spacial score (nSPS) is 11.8. The predicted octanol–water partition coefficient (Wildman–Crippen LogP) is 7.55. The van der Waals surface area contributed by atoms with E-state index in [1.54, 1.807) is 12.1 Å². The lowest BCUT2D eigenvalue weighted by molar-refractivity contribution is 0.626. The van der Waals surface area contributed by atoms with E-state index >= 15 is 0 Å². The van der Waals surface area contributed by atoms with Crippen LogP contribution in [0.5, 0.6) is 0 Å². The van der Waals surface area contributed by atoms with Crippen LogP contribution in [0.4, 0.5) is 8.78 Å². The van der Waals surface area contributed by atoms with Crippen molar-refractivity contribution in [2.24, 2.45) is 0 Å². The van der Waals surface area contributed by atoms with Gasteiger partial charge in [0, 0.05) is 21.8 Å². The molecule has 0 fully saturated rings. The summed E-state index contributed by atoms with van der Waals surface area (Å²) in [6.07, 6.45) is 0. The van der Waals surface area contributed by atoms with Crippen molar-refractivity contribution in [3.63, 3.8) is 0 Å². The minimum absolute atomic E-state index is 0.292. The maximum atomic E-state index is 14.2. The molecule has 4 aromatic carbocycles. The average Bonchev–Trinajstić information content (AvgIpc) is 3.35. The molecule has 0 atom stereocenters. The van der Waals surface area contributed by atoms with Crippen molar-refractivity contribution in [1.82, 2.24) is 14.1 Å². The van der Waals surface area contributed by atoms with Gasteiger partial charge in [0.1, 0.15) is 17.3 Å². The molecule has 0 aliphatic carbocycles. The summed E-state index contributed by atoms with van der Waals surface area (Å²) in [6, 6.07) is 31.3. The van der Waals surface area contributed by atoms with Crippen LogP contribution in [0.1, 0.15) is 0 Å². The van der Waals surface area contributed by atoms with Crippen LogP contribution in [0.15, 0.2) is 103 Å². The van der Waals surface area contributed by atoms with E-state index < -0.39 is 0 Å². The monoisotopic (exact) mass is 445 g/mol. The lowest BCUT2D eigenvalue weighted by Crippen LogP contribution is -1.97. The third-order valence-electron chi connectivity index (χ3n) is 6.40. The predicted molar refractivity (Wildman–Crippen MR) is 133 cm³/mol. The van der Waals surface area contributed by atoms with E-state index in [2.05, 4.69) is 16.7 Å². The van der Waals surface area contributed by atoms with Gasteiger partial charge in [-0.1, -0.05) is 48.5 Å². The molecule has 5 heteroatoms. The Morgan fingerprint density at radius 2 is 1.09 bits per heavy atom. The summed E-state index contributed by atoms with van der Waals surface area (Å²) in [5, 5.41) is 2.94. The van der Waals surface area contributed by atoms with E-state index in [0.29, 0.717) is 5.69 Å². The van der Waals surface area contributed by atoms with Crippen molar-refractivity contribution >= 4 is 43.9 Å². The second-order valence-electron chi connectivity index (χ2n) is 8.39. The van der Waals surface area contributed by atoms with Gasteiger partial charge >= 0.3 is 0 Å². The number of hydrogen-bond acceptors (Lipinski definition) is 1. The number of fused-ring (bicyclic) bond motifs is 6. The molecule has 34 heavy (non-hydrogen) atoms. The second-order valence-corrected chi connectivity index (χ2v) is 8.39. The van der Waals surface area contributed by atoms with Gasteiger partial charge in [0.15, 0.2) is 0 Å². The average molecular weight is 445 g/mol. The Morgan fingerprint density at radius 3 is 1.76 bits per heavy atom. The summed E-state index contributed by atoms with van der Waals surface area (Å²) < 4.78 is 32.4. The van der Waals surface area contributed by atoms with Gasteiger partial charge in [-0.05, 0) is 54.6 Å². The van der Waals surface area contributed by atoms with Crippen molar-refractivity contribution in [2.75, 3.05) is 0 Å². The molecule has 0 saturated carbocycles. The molecule has 7 aromatic rings. The number of hydrogen-bond donors (Lipinski definition) is 0. The first kappa shape index (κ1) is 19.0. The van der Waals surface area contributed by atoms with E-state index in [1.165, 1.54) is 24.3 Å². The molecule has 0 aliphatic rings. The summed E-state index contributed by atoms with van der Waals surface area (Å²) in [7, 11) is 0. The molecule has 7 rings (SSSR count). The molecule has 162 valence electrons. The van der Waals surface area contributed by atoms with Crippen molar-refractivity contribution in [3.8, 4) is 11.4 Å². The number of para-hydroxylation sites is 2. The highest BCUT2D eigenvalue weighted by atomic mass is 19.1. The Morgan fingerprint density at radius 1 is 0.500 bits per heavy atom. The lowest BCUT2D eigenvalue weighted by atomic mass is 10.2. The molecule has 3 nitrogen and oxygen atoms in total. The molecule has 3 aromatic heterocycles. The molecule has 0 bridgehead atoms. The van der Waals surface area contributed by atoms with Gasteiger partial charge in [0.25, 0.3) is 0 Å². The molecule has 0 radical (unpaired) electrons. The molecule has 0 saturated heterocycles. The Hall–Kier alpha value is -4.51. The second kappa shape index (κ2) is 6.99. The molecule has 0 unspecified atom stereocenters. The molecule has 0 amide bonds. The lowest BCUT2D eigenvalue weighted by Gasteiger charge is -2.08. The number of pyridine rings is 1. The Bertz CT molecular complexity index is 1760. The third kappa shape index (κ3) is 2.64. The number of rotatable bonds is 2. The molecule has 0 aliphatic heterocycles. The first-order valence-corrected chi connectivity index (χ1v) is 11.0. The van der Waals surface area contributed by atoms with Crippen LogP contribution in [0.25, 0.3) is 55.2 Å². The zero-order valence-corrected chi connectivity index (χ0v) is 17.9. The highest BCUT2D eigenvalue weighted by Crippen LogP contribution is 2.37. The standard InChI is InChI=1S/C29H17F2N3/c30-18-7-5-9-20(15-18)33-26-14-4-2-12-23(26)28-27(33)17-24-22-11-1-3-13-25(22)34(29(24)32-28)21-10-6-8-19(31)16-21/h1-17H. The highest BCUT2D eigenvalue weighted by Gasteiger charge is 2.19. The Kier molecular flexibility index (Phi) is 3.91. The van der Waals surface area contributed by atoms with Crippen LogP contribution >= 0.6 is 0 Å². The van der Waals surface area contributed by atoms with E-state index in [4.69, 9.17) is 4.98 Å². The molecular weight excluding hydrogens is 428 g/mol. The van der Waals surface area contributed by atoms with E-state index in [0.717, 1.165) is 49.6 Å². The van der Waals surface area contributed by atoms with Gasteiger partial charge in [0.05, 0.1) is 27.8 Å². The van der Waals surface area contributed by atoms with Gasteiger partial charge in [-0.25, -0.2) is 13.8 Å². The fourth-order valence-electron chi connectivity index (χ4n) is 5.01. The number of benzene rings is 4. The molecule has 0 spiro atoms. The molecular formula is C29H17F2N3. The largest absolute Gasteiger partial charge is 0.307 e. The number of halogens is 2. The topological polar surface area (TPSA) is 22.8 Å². The third-order valence-corrected chi connectivity index (χ3v) is 6.40. The summed E-state index contributed by atoms with van der Waals surface area (Å²) in [5.41, 5.74) is 5.80. The van der Waals surface area contributed by atoms with Crippen molar-refractivity contribution in [3.05, 3.63) is 115 Å². The first-order valence-electron chi connectivity index (χ1n) is 11.0. The Balaban J connectivity index is 1.68. The first-order chi connectivity index (χ1) is 16.7. The fraction of sp³-hybridized carbons (Fsp3) is 0. The van der Waals surface area contributed by atoms with Crippen molar-refractivity contribution in [1.29, 1.82) is 0 Å². The van der Waals surface area contributed by atoms with Crippen LogP contribution in [0.2, 0.25) is 0 Å².